The molecule has 22 heavy (non-hydrogen) atoms. The predicted molar refractivity (Wildman–Crippen MR) is 82.8 cm³/mol. The lowest BCUT2D eigenvalue weighted by molar-refractivity contribution is -0.118. The molecule has 0 saturated carbocycles. The molecule has 1 amide bonds. The summed E-state index contributed by atoms with van der Waals surface area (Å²) in [5.41, 5.74) is 0.536. The van der Waals surface area contributed by atoms with E-state index in [-0.39, 0.29) is 22.7 Å². The highest BCUT2D eigenvalue weighted by atomic mass is 32.2. The number of hydrogen-bond donors (Lipinski definition) is 2. The Morgan fingerprint density at radius 2 is 1.68 bits per heavy atom. The van der Waals surface area contributed by atoms with Gasteiger partial charge in [-0.2, -0.15) is 0 Å². The third-order valence-corrected chi connectivity index (χ3v) is 4.09. The van der Waals surface area contributed by atoms with Crippen LogP contribution >= 0.6 is 0 Å². The molecule has 1 aromatic heterocycles. The Balaban J connectivity index is 2.14. The fourth-order valence-corrected chi connectivity index (χ4v) is 2.49. The lowest BCUT2D eigenvalue weighted by atomic mass is 10.2. The first kappa shape index (κ1) is 15.9. The molecule has 1 aromatic carbocycles. The van der Waals surface area contributed by atoms with E-state index >= 15 is 0 Å². The maximum Gasteiger partial charge on any atom is 0.264 e. The monoisotopic (exact) mass is 320 g/mol. The molecule has 0 spiro atoms. The molecule has 7 nitrogen and oxygen atoms in total. The van der Waals surface area contributed by atoms with Gasteiger partial charge in [-0.25, -0.2) is 23.1 Å². The van der Waals surface area contributed by atoms with Crippen molar-refractivity contribution in [1.82, 2.24) is 9.97 Å². The number of nitrogens with one attached hydrogen (secondary N) is 2. The summed E-state index contributed by atoms with van der Waals surface area (Å²) in [4.78, 5) is 19.2. The Morgan fingerprint density at radius 3 is 2.23 bits per heavy atom. The van der Waals surface area contributed by atoms with Crippen molar-refractivity contribution in [2.75, 3.05) is 10.0 Å². The van der Waals surface area contributed by atoms with Gasteiger partial charge >= 0.3 is 0 Å². The van der Waals surface area contributed by atoms with Gasteiger partial charge in [-0.3, -0.25) is 4.79 Å². The number of amides is 1. The molecule has 1 heterocycles. The minimum atomic E-state index is -3.76. The summed E-state index contributed by atoms with van der Waals surface area (Å²) in [6.45, 7) is 3.55. The van der Waals surface area contributed by atoms with E-state index < -0.39 is 10.0 Å². The maximum absolute atomic E-state index is 12.2. The molecule has 116 valence electrons. The average molecular weight is 320 g/mol. The minimum Gasteiger partial charge on any atom is -0.326 e. The van der Waals surface area contributed by atoms with Crippen molar-refractivity contribution in [3.8, 4) is 0 Å². The van der Waals surface area contributed by atoms with Crippen molar-refractivity contribution < 1.29 is 13.2 Å². The lowest BCUT2D eigenvalue weighted by Crippen LogP contribution is -2.18. The number of rotatable bonds is 5. The summed E-state index contributed by atoms with van der Waals surface area (Å²) in [5, 5.41) is 2.69. The van der Waals surface area contributed by atoms with Gasteiger partial charge in [-0.1, -0.05) is 13.8 Å². The molecule has 2 aromatic rings. The first-order valence-electron chi connectivity index (χ1n) is 6.59. The molecule has 0 atom stereocenters. The van der Waals surface area contributed by atoms with Gasteiger partial charge in [0.25, 0.3) is 10.0 Å². The van der Waals surface area contributed by atoms with Crippen molar-refractivity contribution in [3.63, 3.8) is 0 Å². The van der Waals surface area contributed by atoms with Crippen LogP contribution in [0.4, 0.5) is 11.6 Å². The van der Waals surface area contributed by atoms with Crippen LogP contribution in [-0.4, -0.2) is 24.3 Å². The normalized spacial score (nSPS) is 11.2. The number of nitrogens with zero attached hydrogens (tertiary/aromatic N) is 2. The average Bonchev–Trinajstić information content (AvgIpc) is 2.48. The largest absolute Gasteiger partial charge is 0.326 e. The quantitative estimate of drug-likeness (QED) is 0.876. The highest BCUT2D eigenvalue weighted by Crippen LogP contribution is 2.16. The lowest BCUT2D eigenvalue weighted by Gasteiger charge is -2.09. The molecule has 0 saturated heterocycles. The van der Waals surface area contributed by atoms with Crippen molar-refractivity contribution >= 4 is 27.6 Å². The van der Waals surface area contributed by atoms with E-state index in [4.69, 9.17) is 0 Å². The number of sulfonamides is 1. The SMILES string of the molecule is CC(C)C(=O)Nc1ccc(S(=O)(=O)Nc2ncccn2)cc1. The first-order chi connectivity index (χ1) is 10.4. The topological polar surface area (TPSA) is 101 Å². The predicted octanol–water partition coefficient (Wildman–Crippen LogP) is 1.87. The van der Waals surface area contributed by atoms with Crippen LogP contribution in [0.25, 0.3) is 0 Å². The minimum absolute atomic E-state index is 0.000290. The van der Waals surface area contributed by atoms with Crippen LogP contribution in [-0.2, 0) is 14.8 Å². The van der Waals surface area contributed by atoms with Gasteiger partial charge in [0.2, 0.25) is 11.9 Å². The summed E-state index contributed by atoms with van der Waals surface area (Å²) in [5.74, 6) is -0.286. The molecule has 2 rings (SSSR count). The standard InChI is InChI=1S/C14H16N4O3S/c1-10(2)13(19)17-11-4-6-12(7-5-11)22(20,21)18-14-15-8-3-9-16-14/h3-10H,1-2H3,(H,17,19)(H,15,16,18). The number of hydrogen-bond acceptors (Lipinski definition) is 5. The molecule has 0 aliphatic carbocycles. The number of carbonyl (C=O) groups is 1. The van der Waals surface area contributed by atoms with Gasteiger partial charge in [0, 0.05) is 24.0 Å². The van der Waals surface area contributed by atoms with E-state index in [1.54, 1.807) is 19.9 Å². The number of benzene rings is 1. The maximum atomic E-state index is 12.2. The second kappa shape index (κ2) is 6.52. The van der Waals surface area contributed by atoms with Crippen molar-refractivity contribution in [1.29, 1.82) is 0 Å². The van der Waals surface area contributed by atoms with Crippen LogP contribution in [0, 0.1) is 5.92 Å². The van der Waals surface area contributed by atoms with E-state index in [1.165, 1.54) is 36.7 Å². The zero-order valence-electron chi connectivity index (χ0n) is 12.1. The van der Waals surface area contributed by atoms with Crippen molar-refractivity contribution in [2.24, 2.45) is 5.92 Å². The third kappa shape index (κ3) is 4.01. The molecule has 2 N–H and O–H groups in total. The van der Waals surface area contributed by atoms with Crippen molar-refractivity contribution in [2.45, 2.75) is 18.7 Å². The molecule has 0 bridgehead atoms. The second-order valence-corrected chi connectivity index (χ2v) is 6.53. The smallest absolute Gasteiger partial charge is 0.264 e. The fourth-order valence-electron chi connectivity index (χ4n) is 1.53. The van der Waals surface area contributed by atoms with Gasteiger partial charge in [-0.15, -0.1) is 0 Å². The molecule has 0 radical (unpaired) electrons. The van der Waals surface area contributed by atoms with Gasteiger partial charge < -0.3 is 5.32 Å². The Hall–Kier alpha value is -2.48. The Labute approximate surface area is 128 Å². The Morgan fingerprint density at radius 1 is 1.09 bits per heavy atom. The van der Waals surface area contributed by atoms with Gasteiger partial charge in [0.1, 0.15) is 0 Å². The van der Waals surface area contributed by atoms with Crippen LogP contribution < -0.4 is 10.0 Å². The number of anilines is 2. The Bertz CT molecular complexity index is 743. The molecular weight excluding hydrogens is 304 g/mol. The summed E-state index contributed by atoms with van der Waals surface area (Å²) >= 11 is 0. The molecular formula is C14H16N4O3S. The van der Waals surface area contributed by atoms with Crippen LogP contribution in [0.3, 0.4) is 0 Å². The third-order valence-electron chi connectivity index (χ3n) is 2.75. The summed E-state index contributed by atoms with van der Waals surface area (Å²) in [6, 6.07) is 7.45. The fraction of sp³-hybridized carbons (Fsp3) is 0.214. The first-order valence-corrected chi connectivity index (χ1v) is 8.07. The zero-order chi connectivity index (χ0) is 16.2. The van der Waals surface area contributed by atoms with E-state index in [9.17, 15) is 13.2 Å². The van der Waals surface area contributed by atoms with Crippen LogP contribution in [0.2, 0.25) is 0 Å². The molecule has 0 aliphatic heterocycles. The van der Waals surface area contributed by atoms with E-state index in [0.29, 0.717) is 5.69 Å². The number of aromatic nitrogens is 2. The summed E-state index contributed by atoms with van der Waals surface area (Å²) in [7, 11) is -3.76. The summed E-state index contributed by atoms with van der Waals surface area (Å²) < 4.78 is 26.6. The van der Waals surface area contributed by atoms with E-state index in [2.05, 4.69) is 20.0 Å². The molecule has 8 heteroatoms. The highest BCUT2D eigenvalue weighted by molar-refractivity contribution is 7.92. The number of carbonyl (C=O) groups excluding carboxylic acids is 1. The molecule has 0 unspecified atom stereocenters. The molecule has 0 fully saturated rings. The second-order valence-electron chi connectivity index (χ2n) is 4.85. The van der Waals surface area contributed by atoms with E-state index in [1.807, 2.05) is 0 Å². The van der Waals surface area contributed by atoms with Gasteiger partial charge in [-0.05, 0) is 30.3 Å². The zero-order valence-corrected chi connectivity index (χ0v) is 13.0. The van der Waals surface area contributed by atoms with Crippen LogP contribution in [0.1, 0.15) is 13.8 Å². The van der Waals surface area contributed by atoms with E-state index in [0.717, 1.165) is 0 Å². The highest BCUT2D eigenvalue weighted by Gasteiger charge is 2.15. The van der Waals surface area contributed by atoms with Gasteiger partial charge in [0.05, 0.1) is 4.90 Å². The van der Waals surface area contributed by atoms with Gasteiger partial charge in [0.15, 0.2) is 0 Å². The molecule has 0 aliphatic rings. The summed E-state index contributed by atoms with van der Waals surface area (Å²) in [6.07, 6.45) is 2.88. The van der Waals surface area contributed by atoms with Crippen LogP contribution in [0.15, 0.2) is 47.6 Å². The van der Waals surface area contributed by atoms with Crippen molar-refractivity contribution in [3.05, 3.63) is 42.7 Å². The Kier molecular flexibility index (Phi) is 4.71. The van der Waals surface area contributed by atoms with Crippen LogP contribution in [0.5, 0.6) is 0 Å².